The molecule has 0 aliphatic heterocycles. The number of thiophene rings is 1. The molecule has 0 aliphatic carbocycles. The number of nitrogens with one attached hydrogen (secondary N) is 1. The summed E-state index contributed by atoms with van der Waals surface area (Å²) in [5.74, 6) is 0. The zero-order valence-electron chi connectivity index (χ0n) is 10.9. The van der Waals surface area contributed by atoms with Crippen LogP contribution in [0.5, 0.6) is 0 Å². The van der Waals surface area contributed by atoms with Gasteiger partial charge in [-0.15, -0.1) is 11.3 Å². The smallest absolute Gasteiger partial charge is 0.0104 e. The highest BCUT2D eigenvalue weighted by Crippen LogP contribution is 2.15. The van der Waals surface area contributed by atoms with Crippen molar-refractivity contribution in [3.05, 3.63) is 21.9 Å². The quantitative estimate of drug-likeness (QED) is 0.788. The van der Waals surface area contributed by atoms with Crippen LogP contribution in [0.1, 0.15) is 24.3 Å². The van der Waals surface area contributed by atoms with Crippen LogP contribution in [-0.2, 0) is 6.42 Å². The highest BCUT2D eigenvalue weighted by Gasteiger charge is 2.03. The number of rotatable bonds is 7. The van der Waals surface area contributed by atoms with Gasteiger partial charge in [0.15, 0.2) is 0 Å². The summed E-state index contributed by atoms with van der Waals surface area (Å²) < 4.78 is 0. The number of likely N-dealkylation sites (N-methyl/N-ethyl adjacent to an activating group) is 1. The normalized spacial score (nSPS) is 11.6. The summed E-state index contributed by atoms with van der Waals surface area (Å²) in [7, 11) is 2.20. The molecule has 0 saturated heterocycles. The van der Waals surface area contributed by atoms with Gasteiger partial charge >= 0.3 is 0 Å². The SMILES string of the molecule is Cc1ccsc1CCN(C)CCNC(C)C. The molecule has 0 atom stereocenters. The van der Waals surface area contributed by atoms with Crippen LogP contribution in [0, 0.1) is 6.92 Å². The molecule has 1 rings (SSSR count). The average Bonchev–Trinajstić information content (AvgIpc) is 2.60. The first-order chi connectivity index (χ1) is 7.59. The van der Waals surface area contributed by atoms with Gasteiger partial charge in [-0.1, -0.05) is 13.8 Å². The first kappa shape index (κ1) is 13.7. The molecular formula is C13H24N2S. The molecular weight excluding hydrogens is 216 g/mol. The Bertz CT molecular complexity index is 294. The monoisotopic (exact) mass is 240 g/mol. The van der Waals surface area contributed by atoms with Crippen LogP contribution in [0.3, 0.4) is 0 Å². The molecule has 1 N–H and O–H groups in total. The van der Waals surface area contributed by atoms with Gasteiger partial charge in [0.1, 0.15) is 0 Å². The molecule has 3 heteroatoms. The lowest BCUT2D eigenvalue weighted by Gasteiger charge is -2.17. The van der Waals surface area contributed by atoms with Crippen LogP contribution in [0.25, 0.3) is 0 Å². The van der Waals surface area contributed by atoms with E-state index in [1.165, 1.54) is 16.9 Å². The van der Waals surface area contributed by atoms with Gasteiger partial charge in [0, 0.05) is 30.6 Å². The fourth-order valence-corrected chi connectivity index (χ4v) is 2.51. The molecule has 1 aromatic rings. The van der Waals surface area contributed by atoms with Gasteiger partial charge in [0.25, 0.3) is 0 Å². The van der Waals surface area contributed by atoms with Crippen molar-refractivity contribution in [1.29, 1.82) is 0 Å². The van der Waals surface area contributed by atoms with E-state index in [9.17, 15) is 0 Å². The second-order valence-electron chi connectivity index (χ2n) is 4.69. The lowest BCUT2D eigenvalue weighted by atomic mass is 10.2. The maximum atomic E-state index is 3.44. The predicted octanol–water partition coefficient (Wildman–Crippen LogP) is 2.53. The van der Waals surface area contributed by atoms with E-state index in [0.29, 0.717) is 6.04 Å². The van der Waals surface area contributed by atoms with E-state index in [1.54, 1.807) is 0 Å². The minimum absolute atomic E-state index is 0.591. The van der Waals surface area contributed by atoms with Gasteiger partial charge in [-0.25, -0.2) is 0 Å². The minimum atomic E-state index is 0.591. The number of hydrogen-bond donors (Lipinski definition) is 1. The average molecular weight is 240 g/mol. The van der Waals surface area contributed by atoms with Crippen molar-refractivity contribution in [3.63, 3.8) is 0 Å². The molecule has 1 heterocycles. The van der Waals surface area contributed by atoms with Gasteiger partial charge in [-0.05, 0) is 37.4 Å². The van der Waals surface area contributed by atoms with E-state index in [2.05, 4.69) is 49.5 Å². The molecule has 2 nitrogen and oxygen atoms in total. The van der Waals surface area contributed by atoms with Crippen molar-refractivity contribution in [2.24, 2.45) is 0 Å². The van der Waals surface area contributed by atoms with Crippen LogP contribution in [0.2, 0.25) is 0 Å². The molecule has 16 heavy (non-hydrogen) atoms. The first-order valence-corrected chi connectivity index (χ1v) is 6.92. The molecule has 0 radical (unpaired) electrons. The third-order valence-corrected chi connectivity index (χ3v) is 3.82. The fourth-order valence-electron chi connectivity index (χ4n) is 1.61. The van der Waals surface area contributed by atoms with Crippen molar-refractivity contribution in [1.82, 2.24) is 10.2 Å². The predicted molar refractivity (Wildman–Crippen MR) is 73.4 cm³/mol. The van der Waals surface area contributed by atoms with Crippen molar-refractivity contribution in [2.75, 3.05) is 26.7 Å². The summed E-state index contributed by atoms with van der Waals surface area (Å²) in [5, 5.41) is 5.63. The Morgan fingerprint density at radius 1 is 1.38 bits per heavy atom. The van der Waals surface area contributed by atoms with E-state index in [4.69, 9.17) is 0 Å². The summed E-state index contributed by atoms with van der Waals surface area (Å²) in [4.78, 5) is 3.93. The summed E-state index contributed by atoms with van der Waals surface area (Å²) in [6, 6.07) is 2.80. The second-order valence-corrected chi connectivity index (χ2v) is 5.69. The van der Waals surface area contributed by atoms with Crippen molar-refractivity contribution < 1.29 is 0 Å². The summed E-state index contributed by atoms with van der Waals surface area (Å²) in [6.45, 7) is 9.94. The van der Waals surface area contributed by atoms with Crippen LogP contribution >= 0.6 is 11.3 Å². The Morgan fingerprint density at radius 2 is 2.12 bits per heavy atom. The van der Waals surface area contributed by atoms with E-state index in [1.807, 2.05) is 11.3 Å². The molecule has 0 bridgehead atoms. The summed E-state index contributed by atoms with van der Waals surface area (Å²) in [6.07, 6.45) is 1.18. The number of aryl methyl sites for hydroxylation is 1. The molecule has 0 unspecified atom stereocenters. The highest BCUT2D eigenvalue weighted by atomic mass is 32.1. The number of nitrogens with zero attached hydrogens (tertiary/aromatic N) is 1. The van der Waals surface area contributed by atoms with Gasteiger partial charge in [0.2, 0.25) is 0 Å². The Balaban J connectivity index is 2.15. The summed E-state index contributed by atoms with van der Waals surface area (Å²) in [5.41, 5.74) is 1.44. The minimum Gasteiger partial charge on any atom is -0.313 e. The maximum absolute atomic E-state index is 3.44. The van der Waals surface area contributed by atoms with E-state index in [-0.39, 0.29) is 0 Å². The third-order valence-electron chi connectivity index (χ3n) is 2.73. The molecule has 92 valence electrons. The van der Waals surface area contributed by atoms with Crippen LogP contribution in [-0.4, -0.2) is 37.6 Å². The van der Waals surface area contributed by atoms with Gasteiger partial charge in [0.05, 0.1) is 0 Å². The summed E-state index contributed by atoms with van der Waals surface area (Å²) >= 11 is 1.88. The largest absolute Gasteiger partial charge is 0.313 e. The maximum Gasteiger partial charge on any atom is 0.0104 e. The van der Waals surface area contributed by atoms with Gasteiger partial charge < -0.3 is 10.2 Å². The van der Waals surface area contributed by atoms with Crippen LogP contribution in [0.4, 0.5) is 0 Å². The third kappa shape index (κ3) is 5.10. The van der Waals surface area contributed by atoms with Crippen molar-refractivity contribution in [2.45, 2.75) is 33.2 Å². The zero-order valence-corrected chi connectivity index (χ0v) is 11.7. The number of hydrogen-bond acceptors (Lipinski definition) is 3. The van der Waals surface area contributed by atoms with E-state index in [0.717, 1.165) is 19.6 Å². The Morgan fingerprint density at radius 3 is 2.69 bits per heavy atom. The molecule has 0 spiro atoms. The molecule has 0 saturated carbocycles. The molecule has 0 fully saturated rings. The van der Waals surface area contributed by atoms with Crippen molar-refractivity contribution >= 4 is 11.3 Å². The Kier molecular flexibility index (Phi) is 6.03. The highest BCUT2D eigenvalue weighted by molar-refractivity contribution is 7.10. The van der Waals surface area contributed by atoms with Gasteiger partial charge in [-0.2, -0.15) is 0 Å². The first-order valence-electron chi connectivity index (χ1n) is 6.04. The van der Waals surface area contributed by atoms with Crippen LogP contribution in [0.15, 0.2) is 11.4 Å². The Labute approximate surface area is 104 Å². The fraction of sp³-hybridized carbons (Fsp3) is 0.692. The second kappa shape index (κ2) is 7.05. The standard InChI is InChI=1S/C13H24N2S/c1-11(2)14-7-9-15(4)8-5-13-12(3)6-10-16-13/h6,10-11,14H,5,7-9H2,1-4H3. The van der Waals surface area contributed by atoms with Crippen molar-refractivity contribution in [3.8, 4) is 0 Å². The van der Waals surface area contributed by atoms with Gasteiger partial charge in [-0.3, -0.25) is 0 Å². The van der Waals surface area contributed by atoms with E-state index < -0.39 is 0 Å². The zero-order chi connectivity index (χ0) is 12.0. The molecule has 0 aliphatic rings. The molecule has 1 aromatic heterocycles. The van der Waals surface area contributed by atoms with Crippen LogP contribution < -0.4 is 5.32 Å². The Hall–Kier alpha value is -0.380. The lowest BCUT2D eigenvalue weighted by molar-refractivity contribution is 0.331. The lowest BCUT2D eigenvalue weighted by Crippen LogP contribution is -2.33. The van der Waals surface area contributed by atoms with E-state index >= 15 is 0 Å². The molecule has 0 amide bonds. The topological polar surface area (TPSA) is 15.3 Å². The molecule has 0 aromatic carbocycles.